The fourth-order valence-corrected chi connectivity index (χ4v) is 4.50. The largest absolute Gasteiger partial charge is 0.474 e. The second-order valence-electron chi connectivity index (χ2n) is 8.40. The van der Waals surface area contributed by atoms with Crippen LogP contribution in [0, 0.1) is 18.7 Å². The second-order valence-corrected chi connectivity index (χ2v) is 8.40. The maximum absolute atomic E-state index is 15.4. The third-order valence-corrected chi connectivity index (χ3v) is 6.33. The predicted octanol–water partition coefficient (Wildman–Crippen LogP) is 3.65. The van der Waals surface area contributed by atoms with Crippen molar-refractivity contribution in [2.24, 2.45) is 5.92 Å². The van der Waals surface area contributed by atoms with Crippen molar-refractivity contribution in [1.29, 1.82) is 0 Å². The van der Waals surface area contributed by atoms with Gasteiger partial charge in [-0.25, -0.2) is 19.2 Å². The van der Waals surface area contributed by atoms with Gasteiger partial charge in [-0.05, 0) is 30.0 Å². The number of amides is 1. The van der Waals surface area contributed by atoms with E-state index in [0.29, 0.717) is 48.6 Å². The molecule has 10 heteroatoms. The highest BCUT2D eigenvalue weighted by atomic mass is 19.1. The number of fused-ring (bicyclic) bond motifs is 2. The van der Waals surface area contributed by atoms with Crippen molar-refractivity contribution in [3.8, 4) is 17.0 Å². The molecule has 2 aliphatic heterocycles. The molecular formula is C23H24FN5O4. The number of pyridine rings is 2. The number of aromatic nitrogens is 2. The average Bonchev–Trinajstić information content (AvgIpc) is 3.22. The summed E-state index contributed by atoms with van der Waals surface area (Å²) < 4.78 is 26.4. The van der Waals surface area contributed by atoms with Gasteiger partial charge < -0.3 is 25.6 Å². The van der Waals surface area contributed by atoms with Crippen molar-refractivity contribution in [3.63, 3.8) is 0 Å². The molecule has 9 nitrogen and oxygen atoms in total. The minimum atomic E-state index is -1.12. The number of hydrogen-bond acceptors (Lipinski definition) is 7. The van der Waals surface area contributed by atoms with Crippen LogP contribution in [0.25, 0.3) is 21.9 Å². The van der Waals surface area contributed by atoms with Gasteiger partial charge in [-0.3, -0.25) is 4.90 Å². The average molecular weight is 453 g/mol. The molecule has 0 radical (unpaired) electrons. The molecule has 172 valence electrons. The van der Waals surface area contributed by atoms with Gasteiger partial charge in [-0.1, -0.05) is 6.92 Å². The monoisotopic (exact) mass is 453 g/mol. The van der Waals surface area contributed by atoms with E-state index in [4.69, 9.17) is 15.2 Å². The third kappa shape index (κ3) is 3.46. The van der Waals surface area contributed by atoms with Crippen LogP contribution in [0.5, 0.6) is 5.88 Å². The smallest absolute Gasteiger partial charge is 0.413 e. The maximum Gasteiger partial charge on any atom is 0.413 e. The first kappa shape index (κ1) is 21.2. The summed E-state index contributed by atoms with van der Waals surface area (Å²) in [4.78, 5) is 21.9. The Morgan fingerprint density at radius 3 is 2.82 bits per heavy atom. The fourth-order valence-electron chi connectivity index (χ4n) is 4.50. The van der Waals surface area contributed by atoms with Crippen LogP contribution in [0.4, 0.5) is 26.4 Å². The van der Waals surface area contributed by atoms with Crippen LogP contribution in [0.3, 0.4) is 0 Å². The number of nitrogens with one attached hydrogen (secondary N) is 1. The Morgan fingerprint density at radius 2 is 2.09 bits per heavy atom. The Labute approximate surface area is 189 Å². The van der Waals surface area contributed by atoms with Gasteiger partial charge in [0.05, 0.1) is 24.9 Å². The van der Waals surface area contributed by atoms with Crippen LogP contribution < -0.4 is 20.7 Å². The molecule has 1 amide bonds. The molecule has 1 fully saturated rings. The lowest BCUT2D eigenvalue weighted by atomic mass is 9.97. The van der Waals surface area contributed by atoms with E-state index in [-0.39, 0.29) is 29.0 Å². The summed E-state index contributed by atoms with van der Waals surface area (Å²) in [5, 5.41) is 14.1. The number of nitrogens with two attached hydrogens (primary N) is 1. The Kier molecular flexibility index (Phi) is 5.16. The topological polar surface area (TPSA) is 123 Å². The first-order chi connectivity index (χ1) is 15.9. The summed E-state index contributed by atoms with van der Waals surface area (Å²) in [6, 6.07) is 2.92. The number of benzene rings is 1. The molecule has 0 aliphatic carbocycles. The number of carboxylic acid groups (broad SMARTS) is 1. The van der Waals surface area contributed by atoms with Crippen LogP contribution in [0.1, 0.15) is 12.5 Å². The number of rotatable bonds is 3. The number of halogens is 1. The first-order valence-electron chi connectivity index (χ1n) is 10.7. The Bertz CT molecular complexity index is 1270. The summed E-state index contributed by atoms with van der Waals surface area (Å²) in [5.41, 5.74) is 8.45. The van der Waals surface area contributed by atoms with Crippen LogP contribution in [0.2, 0.25) is 0 Å². The standard InChI is InChI=1S/C23H24FN5O4/c1-11-9-32-10-17(11)29(23(30)31)18-6-13-5-14(19(24)20(25)16(13)8-27-18)15-7-28-22-21(12(15)2)26-3-4-33-22/h5-8,11,17,26H,3-4,9-10,25H2,1-2H3,(H,30,31)/t11-,17-/m1/s1. The van der Waals surface area contributed by atoms with E-state index >= 15 is 4.39 Å². The molecule has 0 spiro atoms. The molecule has 5 rings (SSSR count). The van der Waals surface area contributed by atoms with Crippen molar-refractivity contribution in [2.75, 3.05) is 42.3 Å². The van der Waals surface area contributed by atoms with Gasteiger partial charge in [0, 0.05) is 41.4 Å². The second kappa shape index (κ2) is 8.04. The molecule has 1 aromatic carbocycles. The molecule has 2 aromatic heterocycles. The van der Waals surface area contributed by atoms with Gasteiger partial charge in [0.1, 0.15) is 18.1 Å². The van der Waals surface area contributed by atoms with Crippen molar-refractivity contribution in [1.82, 2.24) is 9.97 Å². The molecular weight excluding hydrogens is 429 g/mol. The van der Waals surface area contributed by atoms with Crippen LogP contribution in [-0.2, 0) is 4.74 Å². The summed E-state index contributed by atoms with van der Waals surface area (Å²) >= 11 is 0. The number of nitrogen functional groups attached to an aromatic ring is 1. The highest BCUT2D eigenvalue weighted by Gasteiger charge is 2.35. The van der Waals surface area contributed by atoms with E-state index in [1.807, 2.05) is 13.8 Å². The molecule has 33 heavy (non-hydrogen) atoms. The number of ether oxygens (including phenoxy) is 2. The van der Waals surface area contributed by atoms with Crippen LogP contribution >= 0.6 is 0 Å². The SMILES string of the molecule is Cc1c(-c2cc3cc(N(C(=O)O)[C@@H]4COC[C@H]4C)ncc3c(N)c2F)cnc2c1NCCO2. The number of nitrogens with zero attached hydrogens (tertiary/aromatic N) is 3. The van der Waals surface area contributed by atoms with Crippen LogP contribution in [-0.4, -0.2) is 53.6 Å². The van der Waals surface area contributed by atoms with Gasteiger partial charge in [0.25, 0.3) is 0 Å². The van der Waals surface area contributed by atoms with E-state index in [1.165, 1.54) is 11.1 Å². The first-order valence-corrected chi connectivity index (χ1v) is 10.7. The van der Waals surface area contributed by atoms with E-state index in [1.54, 1.807) is 18.3 Å². The zero-order valence-corrected chi connectivity index (χ0v) is 18.3. The Hall–Kier alpha value is -3.66. The van der Waals surface area contributed by atoms with E-state index < -0.39 is 11.9 Å². The number of hydrogen-bond donors (Lipinski definition) is 3. The molecule has 0 saturated carbocycles. The molecule has 0 bridgehead atoms. The van der Waals surface area contributed by atoms with Crippen molar-refractivity contribution in [3.05, 3.63) is 35.9 Å². The molecule has 4 heterocycles. The molecule has 4 N–H and O–H groups in total. The van der Waals surface area contributed by atoms with Crippen molar-refractivity contribution < 1.29 is 23.8 Å². The minimum absolute atomic E-state index is 0.0198. The van der Waals surface area contributed by atoms with Gasteiger partial charge >= 0.3 is 6.09 Å². The summed E-state index contributed by atoms with van der Waals surface area (Å²) in [6.45, 7) is 5.71. The fraction of sp³-hybridized carbons (Fsp3) is 0.348. The van der Waals surface area contributed by atoms with Gasteiger partial charge in [0.15, 0.2) is 5.82 Å². The lowest BCUT2D eigenvalue weighted by Crippen LogP contribution is -2.43. The molecule has 2 atom stereocenters. The quantitative estimate of drug-likeness (QED) is 0.514. The van der Waals surface area contributed by atoms with E-state index in [9.17, 15) is 9.90 Å². The van der Waals surface area contributed by atoms with E-state index in [2.05, 4.69) is 15.3 Å². The molecule has 3 aromatic rings. The van der Waals surface area contributed by atoms with Gasteiger partial charge in [0.2, 0.25) is 5.88 Å². The maximum atomic E-state index is 15.4. The summed E-state index contributed by atoms with van der Waals surface area (Å²) in [5.74, 6) is 0.163. The Morgan fingerprint density at radius 1 is 1.27 bits per heavy atom. The van der Waals surface area contributed by atoms with Crippen molar-refractivity contribution in [2.45, 2.75) is 19.9 Å². The van der Waals surface area contributed by atoms with E-state index in [0.717, 1.165) is 11.3 Å². The van der Waals surface area contributed by atoms with Gasteiger partial charge in [-0.2, -0.15) is 0 Å². The van der Waals surface area contributed by atoms with Crippen molar-refractivity contribution >= 4 is 34.1 Å². The summed E-state index contributed by atoms with van der Waals surface area (Å²) in [6.07, 6.45) is 1.85. The number of carbonyl (C=O) groups is 1. The summed E-state index contributed by atoms with van der Waals surface area (Å²) in [7, 11) is 0. The molecule has 2 aliphatic rings. The lowest BCUT2D eigenvalue weighted by molar-refractivity contribution is 0.181. The van der Waals surface area contributed by atoms with Crippen LogP contribution in [0.15, 0.2) is 24.5 Å². The third-order valence-electron chi connectivity index (χ3n) is 6.33. The number of anilines is 3. The van der Waals surface area contributed by atoms with Gasteiger partial charge in [-0.15, -0.1) is 0 Å². The Balaban J connectivity index is 1.65. The normalized spacial score (nSPS) is 19.6. The highest BCUT2D eigenvalue weighted by molar-refractivity contribution is 5.99. The minimum Gasteiger partial charge on any atom is -0.474 e. The molecule has 0 unspecified atom stereocenters. The molecule has 1 saturated heterocycles. The lowest BCUT2D eigenvalue weighted by Gasteiger charge is -2.27. The predicted molar refractivity (Wildman–Crippen MR) is 122 cm³/mol. The zero-order valence-electron chi connectivity index (χ0n) is 18.3. The highest BCUT2D eigenvalue weighted by Crippen LogP contribution is 2.40. The zero-order chi connectivity index (χ0) is 23.3.